The molecule has 1 aromatic carbocycles. The van der Waals surface area contributed by atoms with Crippen LogP contribution in [0.5, 0.6) is 0 Å². The van der Waals surface area contributed by atoms with Crippen LogP contribution >= 0.6 is 0 Å². The predicted molar refractivity (Wildman–Crippen MR) is 78.4 cm³/mol. The third-order valence-electron chi connectivity index (χ3n) is 3.54. The lowest BCUT2D eigenvalue weighted by Crippen LogP contribution is -2.29. The average molecular weight is 317 g/mol. The number of benzene rings is 1. The number of aliphatic hydroxyl groups excluding tert-OH is 1. The van der Waals surface area contributed by atoms with E-state index in [1.165, 1.54) is 6.07 Å². The summed E-state index contributed by atoms with van der Waals surface area (Å²) in [6.07, 6.45) is -3.64. The molecule has 2 atom stereocenters. The Balaban J connectivity index is 2.58. The molecule has 2 unspecified atom stereocenters. The van der Waals surface area contributed by atoms with Gasteiger partial charge in [0.1, 0.15) is 0 Å². The first kappa shape index (κ1) is 18.5. The van der Waals surface area contributed by atoms with Crippen molar-refractivity contribution in [2.75, 3.05) is 13.2 Å². The zero-order chi connectivity index (χ0) is 16.8. The molecule has 6 heteroatoms. The highest BCUT2D eigenvalue weighted by Gasteiger charge is 2.30. The minimum absolute atomic E-state index is 0.0671. The lowest BCUT2D eigenvalue weighted by atomic mass is 9.95. The van der Waals surface area contributed by atoms with E-state index >= 15 is 0 Å². The Hall–Kier alpha value is -1.56. The Morgan fingerprint density at radius 1 is 1.32 bits per heavy atom. The summed E-state index contributed by atoms with van der Waals surface area (Å²) in [5.41, 5.74) is -0.206. The molecule has 1 rings (SSSR count). The van der Waals surface area contributed by atoms with Crippen LogP contribution < -0.4 is 5.32 Å². The minimum Gasteiger partial charge on any atom is -0.396 e. The second-order valence-electron chi connectivity index (χ2n) is 5.65. The quantitative estimate of drug-likeness (QED) is 0.810. The minimum atomic E-state index is -4.38. The number of halogens is 3. The van der Waals surface area contributed by atoms with Gasteiger partial charge in [-0.25, -0.2) is 0 Å². The van der Waals surface area contributed by atoms with E-state index in [0.717, 1.165) is 12.1 Å². The van der Waals surface area contributed by atoms with Gasteiger partial charge >= 0.3 is 6.18 Å². The molecule has 0 saturated heterocycles. The molecule has 0 saturated carbocycles. The van der Waals surface area contributed by atoms with Gasteiger partial charge in [0, 0.05) is 19.6 Å². The number of carbonyl (C=O) groups is 1. The molecule has 0 bridgehead atoms. The third kappa shape index (κ3) is 6.05. The average Bonchev–Trinajstić information content (AvgIpc) is 2.44. The van der Waals surface area contributed by atoms with E-state index in [9.17, 15) is 18.0 Å². The molecular formula is C16H22F3NO2. The van der Waals surface area contributed by atoms with Crippen molar-refractivity contribution < 1.29 is 23.1 Å². The maximum Gasteiger partial charge on any atom is 0.416 e. The topological polar surface area (TPSA) is 49.3 Å². The van der Waals surface area contributed by atoms with Gasteiger partial charge in [-0.15, -0.1) is 0 Å². The molecule has 3 nitrogen and oxygen atoms in total. The summed E-state index contributed by atoms with van der Waals surface area (Å²) in [5, 5.41) is 11.5. The van der Waals surface area contributed by atoms with E-state index in [1.807, 2.05) is 6.92 Å². The van der Waals surface area contributed by atoms with Crippen molar-refractivity contribution in [1.82, 2.24) is 5.32 Å². The normalized spacial score (nSPS) is 14.5. The van der Waals surface area contributed by atoms with E-state index in [0.29, 0.717) is 18.5 Å². The first-order valence-corrected chi connectivity index (χ1v) is 7.28. The van der Waals surface area contributed by atoms with Crippen LogP contribution in [-0.4, -0.2) is 24.2 Å². The van der Waals surface area contributed by atoms with Crippen molar-refractivity contribution in [3.8, 4) is 0 Å². The first-order valence-electron chi connectivity index (χ1n) is 7.28. The fourth-order valence-corrected chi connectivity index (χ4v) is 2.10. The maximum atomic E-state index is 12.7. The van der Waals surface area contributed by atoms with Gasteiger partial charge in [0.15, 0.2) is 0 Å². The smallest absolute Gasteiger partial charge is 0.396 e. The molecule has 0 aromatic heterocycles. The molecule has 0 aliphatic carbocycles. The SMILES string of the molecule is CC(CCO)CNC(=O)CC(C)c1cccc(C(F)(F)F)c1. The van der Waals surface area contributed by atoms with Crippen LogP contribution in [0.4, 0.5) is 13.2 Å². The highest BCUT2D eigenvalue weighted by atomic mass is 19.4. The third-order valence-corrected chi connectivity index (χ3v) is 3.54. The van der Waals surface area contributed by atoms with E-state index in [1.54, 1.807) is 13.0 Å². The predicted octanol–water partition coefficient (Wildman–Crippen LogP) is 3.33. The summed E-state index contributed by atoms with van der Waals surface area (Å²) < 4.78 is 38.0. The molecule has 0 aliphatic rings. The molecular weight excluding hydrogens is 295 g/mol. The van der Waals surface area contributed by atoms with Gasteiger partial charge in [-0.3, -0.25) is 4.79 Å². The fraction of sp³-hybridized carbons (Fsp3) is 0.562. The van der Waals surface area contributed by atoms with Crippen molar-refractivity contribution in [1.29, 1.82) is 0 Å². The van der Waals surface area contributed by atoms with Gasteiger partial charge in [0.2, 0.25) is 5.91 Å². The Morgan fingerprint density at radius 2 is 2.00 bits per heavy atom. The lowest BCUT2D eigenvalue weighted by molar-refractivity contribution is -0.137. The van der Waals surface area contributed by atoms with Crippen LogP contribution in [-0.2, 0) is 11.0 Å². The molecule has 2 N–H and O–H groups in total. The van der Waals surface area contributed by atoms with Gasteiger partial charge in [-0.1, -0.05) is 32.0 Å². The number of aliphatic hydroxyl groups is 1. The van der Waals surface area contributed by atoms with E-state index in [-0.39, 0.29) is 30.8 Å². The van der Waals surface area contributed by atoms with Crippen LogP contribution in [0.1, 0.15) is 43.7 Å². The van der Waals surface area contributed by atoms with Gasteiger partial charge in [-0.2, -0.15) is 13.2 Å². The summed E-state index contributed by atoms with van der Waals surface area (Å²) in [6, 6.07) is 5.07. The first-order chi connectivity index (χ1) is 10.2. The summed E-state index contributed by atoms with van der Waals surface area (Å²) >= 11 is 0. The number of amides is 1. The molecule has 22 heavy (non-hydrogen) atoms. The van der Waals surface area contributed by atoms with Crippen LogP contribution in [0.15, 0.2) is 24.3 Å². The summed E-state index contributed by atoms with van der Waals surface area (Å²) in [7, 11) is 0. The number of hydrogen-bond donors (Lipinski definition) is 2. The maximum absolute atomic E-state index is 12.7. The molecule has 1 aromatic rings. The summed E-state index contributed by atoms with van der Waals surface area (Å²) in [5.74, 6) is -0.331. The highest BCUT2D eigenvalue weighted by molar-refractivity contribution is 5.76. The highest BCUT2D eigenvalue weighted by Crippen LogP contribution is 2.31. The standard InChI is InChI=1S/C16H22F3NO2/c1-11(6-7-21)10-20-15(22)8-12(2)13-4-3-5-14(9-13)16(17,18)19/h3-5,9,11-12,21H,6-8,10H2,1-2H3,(H,20,22). The Morgan fingerprint density at radius 3 is 2.59 bits per heavy atom. The fourth-order valence-electron chi connectivity index (χ4n) is 2.10. The van der Waals surface area contributed by atoms with E-state index in [2.05, 4.69) is 5.32 Å². The van der Waals surface area contributed by atoms with E-state index in [4.69, 9.17) is 5.11 Å². The largest absolute Gasteiger partial charge is 0.416 e. The number of hydrogen-bond acceptors (Lipinski definition) is 2. The zero-order valence-electron chi connectivity index (χ0n) is 12.8. The Bertz CT molecular complexity index is 489. The molecule has 0 aliphatic heterocycles. The van der Waals surface area contributed by atoms with Crippen LogP contribution in [0, 0.1) is 5.92 Å². The monoisotopic (exact) mass is 317 g/mol. The molecule has 0 spiro atoms. The second-order valence-corrected chi connectivity index (χ2v) is 5.65. The number of nitrogens with one attached hydrogen (secondary N) is 1. The number of rotatable bonds is 7. The molecule has 0 heterocycles. The van der Waals surface area contributed by atoms with Crippen molar-refractivity contribution in [3.05, 3.63) is 35.4 Å². The second kappa shape index (κ2) is 8.17. The van der Waals surface area contributed by atoms with Crippen molar-refractivity contribution in [2.45, 2.75) is 38.8 Å². The Kier molecular flexibility index (Phi) is 6.87. The number of carbonyl (C=O) groups excluding carboxylic acids is 1. The van der Waals surface area contributed by atoms with Crippen molar-refractivity contribution in [3.63, 3.8) is 0 Å². The summed E-state index contributed by atoms with van der Waals surface area (Å²) in [6.45, 7) is 4.16. The van der Waals surface area contributed by atoms with Crippen LogP contribution in [0.2, 0.25) is 0 Å². The summed E-state index contributed by atoms with van der Waals surface area (Å²) in [4.78, 5) is 11.8. The van der Waals surface area contributed by atoms with Gasteiger partial charge < -0.3 is 10.4 Å². The molecule has 1 amide bonds. The van der Waals surface area contributed by atoms with Crippen LogP contribution in [0.3, 0.4) is 0 Å². The van der Waals surface area contributed by atoms with Crippen molar-refractivity contribution >= 4 is 5.91 Å². The lowest BCUT2D eigenvalue weighted by Gasteiger charge is -2.16. The van der Waals surface area contributed by atoms with Crippen molar-refractivity contribution in [2.24, 2.45) is 5.92 Å². The molecule has 0 radical (unpaired) electrons. The van der Waals surface area contributed by atoms with E-state index < -0.39 is 11.7 Å². The zero-order valence-corrected chi connectivity index (χ0v) is 12.8. The van der Waals surface area contributed by atoms with Gasteiger partial charge in [0.25, 0.3) is 0 Å². The van der Waals surface area contributed by atoms with Gasteiger partial charge in [-0.05, 0) is 29.9 Å². The molecule has 0 fully saturated rings. The number of alkyl halides is 3. The molecule has 124 valence electrons. The van der Waals surface area contributed by atoms with Crippen LogP contribution in [0.25, 0.3) is 0 Å². The van der Waals surface area contributed by atoms with Gasteiger partial charge in [0.05, 0.1) is 5.56 Å². The Labute approximate surface area is 128 Å².